The smallest absolute Gasteiger partial charge is 0.223 e. The Morgan fingerprint density at radius 2 is 2.17 bits per heavy atom. The highest BCUT2D eigenvalue weighted by molar-refractivity contribution is 5.77. The van der Waals surface area contributed by atoms with Gasteiger partial charge in [-0.2, -0.15) is 5.10 Å². The number of aromatic nitrogens is 2. The van der Waals surface area contributed by atoms with Crippen LogP contribution in [0.15, 0.2) is 36.7 Å². The fraction of sp³-hybridized carbons (Fsp3) is 0.583. The summed E-state index contributed by atoms with van der Waals surface area (Å²) in [4.78, 5) is 15.2. The van der Waals surface area contributed by atoms with Crippen molar-refractivity contribution in [2.24, 2.45) is 11.8 Å². The second-order valence-electron chi connectivity index (χ2n) is 9.23. The van der Waals surface area contributed by atoms with Gasteiger partial charge < -0.3 is 9.64 Å². The van der Waals surface area contributed by atoms with Gasteiger partial charge in [0.1, 0.15) is 5.82 Å². The molecule has 30 heavy (non-hydrogen) atoms. The lowest BCUT2D eigenvalue weighted by atomic mass is 9.73. The van der Waals surface area contributed by atoms with Crippen molar-refractivity contribution in [2.75, 3.05) is 13.2 Å². The number of ether oxygens (including phenoxy) is 1. The minimum atomic E-state index is -0.227. The van der Waals surface area contributed by atoms with Crippen LogP contribution in [0.1, 0.15) is 63.2 Å². The first-order valence-electron chi connectivity index (χ1n) is 11.1. The molecule has 2 aliphatic heterocycles. The van der Waals surface area contributed by atoms with Crippen molar-refractivity contribution >= 4 is 5.91 Å². The third kappa shape index (κ3) is 4.29. The summed E-state index contributed by atoms with van der Waals surface area (Å²) in [6, 6.07) is 6.68. The van der Waals surface area contributed by atoms with Gasteiger partial charge in [-0.25, -0.2) is 4.39 Å². The fourth-order valence-corrected chi connectivity index (χ4v) is 5.24. The lowest BCUT2D eigenvalue weighted by Gasteiger charge is -2.48. The van der Waals surface area contributed by atoms with Crippen LogP contribution in [0, 0.1) is 17.7 Å². The van der Waals surface area contributed by atoms with Gasteiger partial charge in [0, 0.05) is 19.2 Å². The summed E-state index contributed by atoms with van der Waals surface area (Å²) in [5, 5.41) is 6.79. The topological polar surface area (TPSA) is 58.2 Å². The lowest BCUT2D eigenvalue weighted by Crippen LogP contribution is -2.55. The fourth-order valence-electron chi connectivity index (χ4n) is 5.24. The number of amides is 1. The van der Waals surface area contributed by atoms with Gasteiger partial charge in [-0.15, -0.1) is 0 Å². The first kappa shape index (κ1) is 21.0. The van der Waals surface area contributed by atoms with Crippen LogP contribution in [0.3, 0.4) is 0 Å². The largest absolute Gasteiger partial charge is 0.371 e. The molecule has 1 aromatic carbocycles. The zero-order valence-corrected chi connectivity index (χ0v) is 17.9. The molecule has 4 rings (SSSR count). The Labute approximate surface area is 178 Å². The zero-order chi connectivity index (χ0) is 21.1. The Hall–Kier alpha value is -2.21. The molecule has 3 atom stereocenters. The average Bonchev–Trinajstić information content (AvgIpc) is 3.39. The van der Waals surface area contributed by atoms with E-state index in [-0.39, 0.29) is 23.4 Å². The summed E-state index contributed by atoms with van der Waals surface area (Å²) in [5.41, 5.74) is 1.97. The maximum Gasteiger partial charge on any atom is 0.223 e. The minimum Gasteiger partial charge on any atom is -0.371 e. The van der Waals surface area contributed by atoms with E-state index in [1.165, 1.54) is 12.1 Å². The molecule has 2 fully saturated rings. The van der Waals surface area contributed by atoms with E-state index in [1.54, 1.807) is 0 Å². The molecule has 1 spiro atoms. The number of likely N-dealkylation sites (tertiary alicyclic amines) is 1. The highest BCUT2D eigenvalue weighted by Crippen LogP contribution is 2.47. The number of benzene rings is 1. The molecule has 2 saturated heterocycles. The molecule has 3 heterocycles. The maximum atomic E-state index is 13.4. The van der Waals surface area contributed by atoms with Crippen LogP contribution < -0.4 is 0 Å². The second-order valence-corrected chi connectivity index (χ2v) is 9.23. The van der Waals surface area contributed by atoms with Crippen LogP contribution >= 0.6 is 0 Å². The molecule has 1 N–H and O–H groups in total. The molecule has 5 nitrogen and oxygen atoms in total. The van der Waals surface area contributed by atoms with Crippen molar-refractivity contribution < 1.29 is 13.9 Å². The SMILES string of the molecule is CC(C)[C@@H]1C[C@@]2(CCCN2C(=O)CCCc2cn[nH]c2)CO[C@H]1c1ccc(F)cc1. The molecule has 0 saturated carbocycles. The molecule has 0 aliphatic carbocycles. The quantitative estimate of drug-likeness (QED) is 0.749. The normalized spacial score (nSPS) is 26.6. The first-order valence-corrected chi connectivity index (χ1v) is 11.1. The molecule has 0 bridgehead atoms. The summed E-state index contributed by atoms with van der Waals surface area (Å²) >= 11 is 0. The van der Waals surface area contributed by atoms with Gasteiger partial charge in [0.2, 0.25) is 5.91 Å². The number of halogens is 1. The van der Waals surface area contributed by atoms with E-state index in [4.69, 9.17) is 4.74 Å². The molecule has 1 amide bonds. The molecule has 0 radical (unpaired) electrons. The summed E-state index contributed by atoms with van der Waals surface area (Å²) in [7, 11) is 0. The highest BCUT2D eigenvalue weighted by Gasteiger charge is 2.50. The van der Waals surface area contributed by atoms with Crippen molar-refractivity contribution in [1.82, 2.24) is 15.1 Å². The summed E-state index contributed by atoms with van der Waals surface area (Å²) in [6.45, 7) is 5.82. The van der Waals surface area contributed by atoms with E-state index in [0.717, 1.165) is 49.8 Å². The number of nitrogens with zero attached hydrogens (tertiary/aromatic N) is 2. The van der Waals surface area contributed by atoms with Crippen LogP contribution in [0.25, 0.3) is 0 Å². The van der Waals surface area contributed by atoms with Crippen molar-refractivity contribution in [3.8, 4) is 0 Å². The summed E-state index contributed by atoms with van der Waals surface area (Å²) < 4.78 is 19.8. The van der Waals surface area contributed by atoms with E-state index < -0.39 is 0 Å². The van der Waals surface area contributed by atoms with Crippen molar-refractivity contribution in [3.63, 3.8) is 0 Å². The van der Waals surface area contributed by atoms with Gasteiger partial charge in [0.25, 0.3) is 0 Å². The third-order valence-electron chi connectivity index (χ3n) is 6.90. The Morgan fingerprint density at radius 3 is 2.87 bits per heavy atom. The van der Waals surface area contributed by atoms with Gasteiger partial charge in [-0.1, -0.05) is 26.0 Å². The van der Waals surface area contributed by atoms with Crippen molar-refractivity contribution in [2.45, 2.75) is 64.0 Å². The Kier molecular flexibility index (Phi) is 6.23. The number of hydrogen-bond acceptors (Lipinski definition) is 3. The van der Waals surface area contributed by atoms with Gasteiger partial charge in [-0.05, 0) is 67.2 Å². The van der Waals surface area contributed by atoms with Crippen molar-refractivity contribution in [3.05, 3.63) is 53.6 Å². The van der Waals surface area contributed by atoms with E-state index in [0.29, 0.717) is 24.9 Å². The average molecular weight is 414 g/mol. The first-order chi connectivity index (χ1) is 14.5. The number of carbonyl (C=O) groups excluding carboxylic acids is 1. The second kappa shape index (κ2) is 8.88. The molecule has 0 unspecified atom stereocenters. The zero-order valence-electron chi connectivity index (χ0n) is 17.9. The Bertz CT molecular complexity index is 837. The number of hydrogen-bond donors (Lipinski definition) is 1. The van der Waals surface area contributed by atoms with Crippen LogP contribution in [0.5, 0.6) is 0 Å². The lowest BCUT2D eigenvalue weighted by molar-refractivity contribution is -0.153. The molecule has 6 heteroatoms. The summed E-state index contributed by atoms with van der Waals surface area (Å²) in [6.07, 6.45) is 8.89. The predicted molar refractivity (Wildman–Crippen MR) is 113 cm³/mol. The number of aromatic amines is 1. The van der Waals surface area contributed by atoms with Crippen LogP contribution in [-0.2, 0) is 16.0 Å². The van der Waals surface area contributed by atoms with Crippen LogP contribution in [0.2, 0.25) is 0 Å². The number of H-pyrrole nitrogens is 1. The van der Waals surface area contributed by atoms with E-state index in [1.807, 2.05) is 24.5 Å². The van der Waals surface area contributed by atoms with Gasteiger partial charge in [-0.3, -0.25) is 9.89 Å². The standard InChI is InChI=1S/C24H32FN3O2/c1-17(2)21-13-24(16-30-23(21)19-7-9-20(25)10-8-19)11-4-12-28(24)22(29)6-3-5-18-14-26-27-15-18/h7-10,14-15,17,21,23H,3-6,11-13,16H2,1-2H3,(H,26,27)/t21-,23-,24-/m0/s1. The number of aryl methyl sites for hydroxylation is 1. The number of rotatable bonds is 6. The van der Waals surface area contributed by atoms with Crippen LogP contribution in [0.4, 0.5) is 4.39 Å². The van der Waals surface area contributed by atoms with E-state index >= 15 is 0 Å². The Morgan fingerprint density at radius 1 is 1.37 bits per heavy atom. The van der Waals surface area contributed by atoms with E-state index in [2.05, 4.69) is 28.9 Å². The van der Waals surface area contributed by atoms with Crippen molar-refractivity contribution in [1.29, 1.82) is 0 Å². The summed E-state index contributed by atoms with van der Waals surface area (Å²) in [5.74, 6) is 0.719. The molecule has 1 aromatic heterocycles. The minimum absolute atomic E-state index is 0.0464. The maximum absolute atomic E-state index is 13.4. The Balaban J connectivity index is 1.44. The van der Waals surface area contributed by atoms with Gasteiger partial charge >= 0.3 is 0 Å². The van der Waals surface area contributed by atoms with Crippen LogP contribution in [-0.4, -0.2) is 39.7 Å². The van der Waals surface area contributed by atoms with Gasteiger partial charge in [0.15, 0.2) is 0 Å². The predicted octanol–water partition coefficient (Wildman–Crippen LogP) is 4.67. The number of carbonyl (C=O) groups is 1. The molecule has 162 valence electrons. The molecule has 2 aromatic rings. The number of nitrogens with one attached hydrogen (secondary N) is 1. The van der Waals surface area contributed by atoms with E-state index in [9.17, 15) is 9.18 Å². The highest BCUT2D eigenvalue weighted by atomic mass is 19.1. The third-order valence-corrected chi connectivity index (χ3v) is 6.90. The molecular weight excluding hydrogens is 381 g/mol. The van der Waals surface area contributed by atoms with Gasteiger partial charge in [0.05, 0.1) is 24.4 Å². The molecule has 2 aliphatic rings. The molecular formula is C24H32FN3O2. The monoisotopic (exact) mass is 413 g/mol.